The van der Waals surface area contributed by atoms with Crippen molar-refractivity contribution in [3.63, 3.8) is 0 Å². The molecule has 1 unspecified atom stereocenters. The summed E-state index contributed by atoms with van der Waals surface area (Å²) in [6, 6.07) is 24.5. The van der Waals surface area contributed by atoms with Gasteiger partial charge in [0, 0.05) is 17.5 Å². The number of para-hydroxylation sites is 1. The van der Waals surface area contributed by atoms with Crippen LogP contribution >= 0.6 is 0 Å². The number of nitrogens with one attached hydrogen (secondary N) is 1. The van der Waals surface area contributed by atoms with Crippen molar-refractivity contribution >= 4 is 23.2 Å². The zero-order chi connectivity index (χ0) is 26.1. The second-order valence-electron chi connectivity index (χ2n) is 7.86. The number of carbonyl (C=O) groups excluding carboxylic acids is 2. The Kier molecular flexibility index (Phi) is 9.00. The molecule has 36 heavy (non-hydrogen) atoms. The number of aryl methyl sites for hydroxylation is 1. The molecule has 0 saturated carbocycles. The maximum Gasteiger partial charge on any atom is 0.406 e. The number of alkyl halides is 3. The van der Waals surface area contributed by atoms with Crippen LogP contribution in [0.5, 0.6) is 0 Å². The van der Waals surface area contributed by atoms with E-state index in [2.05, 4.69) is 10.3 Å². The van der Waals surface area contributed by atoms with Gasteiger partial charge in [0.05, 0.1) is 11.4 Å². The number of nitrogens with zero attached hydrogens (tertiary/aromatic N) is 2. The number of hydrogen-bond donors (Lipinski definition) is 1. The van der Waals surface area contributed by atoms with E-state index in [0.29, 0.717) is 28.2 Å². The number of benzene rings is 3. The maximum atomic E-state index is 13.4. The van der Waals surface area contributed by atoms with Crippen molar-refractivity contribution in [2.24, 2.45) is 4.99 Å². The van der Waals surface area contributed by atoms with E-state index in [-0.39, 0.29) is 12.1 Å². The first-order valence-electron chi connectivity index (χ1n) is 11.8. The highest BCUT2D eigenvalue weighted by atomic mass is 19.4. The Morgan fingerprint density at radius 2 is 1.50 bits per heavy atom. The molecular weight excluding hydrogens is 467 g/mol. The fraction of sp³-hybridized carbons (Fsp3) is 0.250. The van der Waals surface area contributed by atoms with Crippen molar-refractivity contribution in [2.45, 2.75) is 39.0 Å². The quantitative estimate of drug-likeness (QED) is 0.489. The van der Waals surface area contributed by atoms with Gasteiger partial charge < -0.3 is 5.32 Å². The summed E-state index contributed by atoms with van der Waals surface area (Å²) in [7, 11) is 0. The standard InChI is InChI=1S/C26H22F3N3O2.C2H6/c27-26(28,29)17-32-21-14-8-7-13-20(21)23(19-11-5-2-6-12-19)31-24(25(32)34)30-22(33)16-15-18-9-3-1-4-10-18;1-2/h1-14,24H,15-17H2,(H,30,33);1-2H3. The highest BCUT2D eigenvalue weighted by molar-refractivity contribution is 6.20. The lowest BCUT2D eigenvalue weighted by atomic mass is 10.0. The summed E-state index contributed by atoms with van der Waals surface area (Å²) in [5.41, 5.74) is 2.37. The van der Waals surface area contributed by atoms with Gasteiger partial charge in [-0.25, -0.2) is 4.99 Å². The van der Waals surface area contributed by atoms with Gasteiger partial charge >= 0.3 is 6.18 Å². The highest BCUT2D eigenvalue weighted by Gasteiger charge is 2.39. The van der Waals surface area contributed by atoms with E-state index in [9.17, 15) is 22.8 Å². The molecule has 0 aromatic heterocycles. The van der Waals surface area contributed by atoms with Crippen LogP contribution in [0.2, 0.25) is 0 Å². The van der Waals surface area contributed by atoms with E-state index in [1.807, 2.05) is 44.2 Å². The number of rotatable bonds is 6. The van der Waals surface area contributed by atoms with E-state index in [1.165, 1.54) is 6.07 Å². The summed E-state index contributed by atoms with van der Waals surface area (Å²) in [4.78, 5) is 31.1. The third-order valence-corrected chi connectivity index (χ3v) is 5.37. The number of carbonyl (C=O) groups is 2. The number of hydrogen-bond acceptors (Lipinski definition) is 3. The van der Waals surface area contributed by atoms with Crippen LogP contribution < -0.4 is 10.2 Å². The first kappa shape index (κ1) is 26.7. The summed E-state index contributed by atoms with van der Waals surface area (Å²) in [5, 5.41) is 2.54. The lowest BCUT2D eigenvalue weighted by molar-refractivity contribution is -0.134. The van der Waals surface area contributed by atoms with Gasteiger partial charge in [-0.05, 0) is 18.1 Å². The van der Waals surface area contributed by atoms with Crippen LogP contribution in [0.15, 0.2) is 89.9 Å². The minimum absolute atomic E-state index is 0.0657. The topological polar surface area (TPSA) is 61.8 Å². The fourth-order valence-corrected chi connectivity index (χ4v) is 3.82. The molecule has 0 bridgehead atoms. The van der Waals surface area contributed by atoms with E-state index in [1.54, 1.807) is 48.5 Å². The second kappa shape index (κ2) is 12.2. The molecule has 1 aliphatic rings. The zero-order valence-electron chi connectivity index (χ0n) is 20.1. The minimum Gasteiger partial charge on any atom is -0.327 e. The zero-order valence-corrected chi connectivity index (χ0v) is 20.1. The normalized spacial score (nSPS) is 15.1. The summed E-state index contributed by atoms with van der Waals surface area (Å²) < 4.78 is 40.3. The Labute approximate surface area is 208 Å². The van der Waals surface area contributed by atoms with E-state index in [0.717, 1.165) is 5.56 Å². The molecule has 0 aliphatic carbocycles. The van der Waals surface area contributed by atoms with Crippen LogP contribution in [-0.2, 0) is 16.0 Å². The number of aliphatic imine (C=N–C) groups is 1. The lowest BCUT2D eigenvalue weighted by Crippen LogP contribution is -2.50. The second-order valence-corrected chi connectivity index (χ2v) is 7.86. The molecule has 8 heteroatoms. The van der Waals surface area contributed by atoms with Gasteiger partial charge in [0.25, 0.3) is 5.91 Å². The van der Waals surface area contributed by atoms with Crippen LogP contribution in [0.4, 0.5) is 18.9 Å². The smallest absolute Gasteiger partial charge is 0.327 e. The monoisotopic (exact) mass is 495 g/mol. The molecule has 188 valence electrons. The minimum atomic E-state index is -4.64. The molecule has 0 saturated heterocycles. The average Bonchev–Trinajstić information content (AvgIpc) is 3.00. The molecule has 0 fully saturated rings. The summed E-state index contributed by atoms with van der Waals surface area (Å²) in [5.74, 6) is -1.42. The molecular formula is C28H28F3N3O2. The molecule has 4 rings (SSSR count). The third-order valence-electron chi connectivity index (χ3n) is 5.37. The van der Waals surface area contributed by atoms with Crippen molar-refractivity contribution < 1.29 is 22.8 Å². The Morgan fingerprint density at radius 1 is 0.917 bits per heavy atom. The van der Waals surface area contributed by atoms with E-state index < -0.39 is 30.7 Å². The van der Waals surface area contributed by atoms with Crippen molar-refractivity contribution in [3.05, 3.63) is 102 Å². The largest absolute Gasteiger partial charge is 0.406 e. The van der Waals surface area contributed by atoms with Crippen LogP contribution in [0.1, 0.15) is 37.0 Å². The van der Waals surface area contributed by atoms with E-state index >= 15 is 0 Å². The van der Waals surface area contributed by atoms with Crippen molar-refractivity contribution in [1.29, 1.82) is 0 Å². The van der Waals surface area contributed by atoms with Gasteiger partial charge in [-0.3, -0.25) is 14.5 Å². The summed E-state index contributed by atoms with van der Waals surface area (Å²) >= 11 is 0. The molecule has 5 nitrogen and oxygen atoms in total. The first-order valence-corrected chi connectivity index (χ1v) is 11.8. The van der Waals surface area contributed by atoms with Crippen molar-refractivity contribution in [2.75, 3.05) is 11.4 Å². The van der Waals surface area contributed by atoms with Gasteiger partial charge in [0.15, 0.2) is 0 Å². The Bertz CT molecular complexity index is 1200. The number of benzodiazepines with no additional fused rings is 1. The molecule has 1 heterocycles. The van der Waals surface area contributed by atoms with Gasteiger partial charge in [0.1, 0.15) is 6.54 Å². The first-order chi connectivity index (χ1) is 17.3. The molecule has 3 aromatic carbocycles. The predicted molar refractivity (Wildman–Crippen MR) is 135 cm³/mol. The summed E-state index contributed by atoms with van der Waals surface area (Å²) in [6.45, 7) is 2.51. The van der Waals surface area contributed by atoms with Gasteiger partial charge in [0.2, 0.25) is 12.1 Å². The van der Waals surface area contributed by atoms with Gasteiger partial charge in [-0.15, -0.1) is 0 Å². The van der Waals surface area contributed by atoms with E-state index in [4.69, 9.17) is 0 Å². The van der Waals surface area contributed by atoms with Gasteiger partial charge in [-0.1, -0.05) is 92.7 Å². The predicted octanol–water partition coefficient (Wildman–Crippen LogP) is 5.53. The number of fused-ring (bicyclic) bond motifs is 1. The molecule has 1 atom stereocenters. The van der Waals surface area contributed by atoms with Crippen LogP contribution in [0.3, 0.4) is 0 Å². The Balaban J connectivity index is 0.00000176. The van der Waals surface area contributed by atoms with Crippen molar-refractivity contribution in [3.8, 4) is 0 Å². The maximum absolute atomic E-state index is 13.4. The average molecular weight is 496 g/mol. The Morgan fingerprint density at radius 3 is 2.14 bits per heavy atom. The third kappa shape index (κ3) is 6.81. The molecule has 3 aromatic rings. The number of amides is 2. The van der Waals surface area contributed by atoms with Crippen LogP contribution in [0, 0.1) is 0 Å². The number of anilines is 1. The lowest BCUT2D eigenvalue weighted by Gasteiger charge is -2.26. The molecule has 0 radical (unpaired) electrons. The summed E-state index contributed by atoms with van der Waals surface area (Å²) in [6.07, 6.45) is -5.64. The fourth-order valence-electron chi connectivity index (χ4n) is 3.82. The van der Waals surface area contributed by atoms with Crippen LogP contribution in [0.25, 0.3) is 0 Å². The molecule has 0 spiro atoms. The molecule has 1 N–H and O–H groups in total. The van der Waals surface area contributed by atoms with Crippen molar-refractivity contribution in [1.82, 2.24) is 5.32 Å². The molecule has 1 aliphatic heterocycles. The Hall–Kier alpha value is -3.94. The molecule has 2 amide bonds. The number of halogens is 3. The highest BCUT2D eigenvalue weighted by Crippen LogP contribution is 2.31. The van der Waals surface area contributed by atoms with Crippen LogP contribution in [-0.4, -0.2) is 36.4 Å². The van der Waals surface area contributed by atoms with Gasteiger partial charge in [-0.2, -0.15) is 13.2 Å². The SMILES string of the molecule is CC.O=C(CCc1ccccc1)NC1N=C(c2ccccc2)c2ccccc2N(CC(F)(F)F)C1=O.